The van der Waals surface area contributed by atoms with E-state index in [1.165, 1.54) is 29.7 Å². The fourth-order valence-electron chi connectivity index (χ4n) is 2.45. The van der Waals surface area contributed by atoms with Gasteiger partial charge in [-0.25, -0.2) is 22.2 Å². The largest absolute Gasteiger partial charge is 0.470 e. The summed E-state index contributed by atoms with van der Waals surface area (Å²) < 4.78 is 99.5. The summed E-state index contributed by atoms with van der Waals surface area (Å²) in [6.45, 7) is -0.277. The molecule has 32 heavy (non-hydrogen) atoms. The highest BCUT2D eigenvalue weighted by Crippen LogP contribution is 2.38. The number of carbonyl (C=O) groups is 1. The number of aromatic nitrogens is 2. The molecule has 0 radical (unpaired) electrons. The zero-order chi connectivity index (χ0) is 23.8. The number of anilines is 1. The van der Waals surface area contributed by atoms with Crippen molar-refractivity contribution < 1.29 is 40.3 Å². The maximum Gasteiger partial charge on any atom is 0.422 e. The Kier molecular flexibility index (Phi) is 6.56. The lowest BCUT2D eigenvalue weighted by atomic mass is 10.1. The van der Waals surface area contributed by atoms with E-state index in [2.05, 4.69) is 5.10 Å². The number of hydrogen-bond donors (Lipinski definition) is 1. The van der Waals surface area contributed by atoms with Crippen molar-refractivity contribution in [2.45, 2.75) is 12.9 Å². The smallest absolute Gasteiger partial charge is 0.422 e. The molecule has 1 N–H and O–H groups in total. The van der Waals surface area contributed by atoms with Crippen molar-refractivity contribution in [3.63, 3.8) is 0 Å². The highest BCUT2D eigenvalue weighted by atomic mass is 35.5. The summed E-state index contributed by atoms with van der Waals surface area (Å²) in [6, 6.07) is 5.41. The fourth-order valence-corrected chi connectivity index (χ4v) is 2.91. The molecule has 0 bridgehead atoms. The number of hydrogen-bond acceptors (Lipinski definition) is 3. The quantitative estimate of drug-likeness (QED) is 0.341. The van der Waals surface area contributed by atoms with Crippen LogP contribution in [0.2, 0.25) is 10.0 Å². The van der Waals surface area contributed by atoms with E-state index >= 15 is 0 Å². The van der Waals surface area contributed by atoms with Gasteiger partial charge in [0.25, 0.3) is 5.91 Å². The van der Waals surface area contributed by atoms with Crippen molar-refractivity contribution in [2.75, 3.05) is 5.32 Å². The van der Waals surface area contributed by atoms with Gasteiger partial charge in [0.15, 0.2) is 35.7 Å². The van der Waals surface area contributed by atoms with Crippen LogP contribution in [0, 0.1) is 23.3 Å². The van der Waals surface area contributed by atoms with E-state index in [4.69, 9.17) is 27.9 Å². The Morgan fingerprint density at radius 2 is 1.66 bits per heavy atom. The number of amides is 1. The van der Waals surface area contributed by atoms with Gasteiger partial charge in [0.05, 0.1) is 5.02 Å². The summed E-state index contributed by atoms with van der Waals surface area (Å²) >= 11 is 11.7. The van der Waals surface area contributed by atoms with Crippen LogP contribution in [0.5, 0.6) is 5.75 Å². The number of benzene rings is 2. The summed E-state index contributed by atoms with van der Waals surface area (Å²) in [4.78, 5) is 12.1. The number of nitrogens with zero attached hydrogens (tertiary/aromatic N) is 2. The lowest BCUT2D eigenvalue weighted by molar-refractivity contribution is -0.143. The molecule has 0 aliphatic heterocycles. The number of nitrogens with one attached hydrogen (secondary N) is 1. The van der Waals surface area contributed by atoms with Crippen LogP contribution >= 0.6 is 23.2 Å². The van der Waals surface area contributed by atoms with Crippen LogP contribution < -0.4 is 10.1 Å². The van der Waals surface area contributed by atoms with Crippen molar-refractivity contribution in [1.82, 2.24) is 9.78 Å². The summed E-state index contributed by atoms with van der Waals surface area (Å²) in [6.07, 6.45) is -4.50. The van der Waals surface area contributed by atoms with Crippen LogP contribution in [0.15, 0.2) is 30.5 Å². The number of alkyl halides is 3. The Bertz CT molecular complexity index is 1170. The summed E-state index contributed by atoms with van der Waals surface area (Å²) in [7, 11) is 0. The van der Waals surface area contributed by atoms with Gasteiger partial charge in [-0.3, -0.25) is 4.79 Å². The molecule has 3 rings (SSSR count). The summed E-state index contributed by atoms with van der Waals surface area (Å²) in [5, 5.41) is 5.73. The standard InChI is InChI=1S/C18H8Cl2F7N3O2/c19-7-1-2-10(8(20)5-7)32-6-30-4-3-9(29-30)17(31)28-16-14(23)12(21)11(18(25,26)27)13(22)15(16)24/h1-5H,6H2,(H,28,31). The first-order chi connectivity index (χ1) is 14.9. The normalized spacial score (nSPS) is 11.5. The molecule has 0 saturated carbocycles. The van der Waals surface area contributed by atoms with Gasteiger partial charge in [0.1, 0.15) is 17.0 Å². The second kappa shape index (κ2) is 8.87. The van der Waals surface area contributed by atoms with E-state index in [0.717, 1.165) is 10.7 Å². The minimum Gasteiger partial charge on any atom is -0.470 e. The molecule has 170 valence electrons. The molecule has 0 spiro atoms. The topological polar surface area (TPSA) is 56.2 Å². The molecular weight excluding hydrogens is 494 g/mol. The number of carbonyl (C=O) groups excluding carboxylic acids is 1. The lowest BCUT2D eigenvalue weighted by Gasteiger charge is -2.14. The van der Waals surface area contributed by atoms with Crippen LogP contribution in [0.3, 0.4) is 0 Å². The van der Waals surface area contributed by atoms with Crippen molar-refractivity contribution in [3.05, 3.63) is 75.0 Å². The minimum atomic E-state index is -5.70. The zero-order valence-corrected chi connectivity index (χ0v) is 16.7. The molecular formula is C18H8Cl2F7N3O2. The maximum atomic E-state index is 13.9. The van der Waals surface area contributed by atoms with Crippen LogP contribution in [-0.2, 0) is 12.9 Å². The van der Waals surface area contributed by atoms with E-state index in [1.54, 1.807) is 0 Å². The number of rotatable bonds is 5. The van der Waals surface area contributed by atoms with E-state index in [9.17, 15) is 35.5 Å². The third-order valence-electron chi connectivity index (χ3n) is 3.90. The summed E-state index contributed by atoms with van der Waals surface area (Å²) in [5.41, 5.74) is -4.99. The first kappa shape index (κ1) is 23.7. The van der Waals surface area contributed by atoms with Crippen LogP contribution in [0.4, 0.5) is 36.4 Å². The molecule has 1 aromatic heterocycles. The van der Waals surface area contributed by atoms with Crippen molar-refractivity contribution in [3.8, 4) is 5.75 Å². The Balaban J connectivity index is 1.78. The van der Waals surface area contributed by atoms with Gasteiger partial charge in [0.2, 0.25) is 0 Å². The highest BCUT2D eigenvalue weighted by molar-refractivity contribution is 6.35. The fraction of sp³-hybridized carbons (Fsp3) is 0.111. The van der Waals surface area contributed by atoms with Gasteiger partial charge < -0.3 is 10.1 Å². The molecule has 1 heterocycles. The molecule has 14 heteroatoms. The van der Waals surface area contributed by atoms with Crippen molar-refractivity contribution in [1.29, 1.82) is 0 Å². The van der Waals surface area contributed by atoms with Gasteiger partial charge in [-0.05, 0) is 24.3 Å². The van der Waals surface area contributed by atoms with E-state index in [1.807, 2.05) is 0 Å². The average Bonchev–Trinajstić information content (AvgIpc) is 3.17. The third kappa shape index (κ3) is 4.75. The monoisotopic (exact) mass is 501 g/mol. The summed E-state index contributed by atoms with van der Waals surface area (Å²) in [5.74, 6) is -11.4. The highest BCUT2D eigenvalue weighted by Gasteiger charge is 2.42. The van der Waals surface area contributed by atoms with Gasteiger partial charge in [-0.1, -0.05) is 23.2 Å². The number of halogens is 9. The maximum absolute atomic E-state index is 13.9. The van der Waals surface area contributed by atoms with E-state index in [-0.39, 0.29) is 17.5 Å². The molecule has 2 aromatic carbocycles. The van der Waals surface area contributed by atoms with E-state index < -0.39 is 52.3 Å². The Morgan fingerprint density at radius 3 is 2.22 bits per heavy atom. The molecule has 0 atom stereocenters. The number of ether oxygens (including phenoxy) is 1. The van der Waals surface area contributed by atoms with Crippen molar-refractivity contribution >= 4 is 34.8 Å². The van der Waals surface area contributed by atoms with Crippen LogP contribution in [-0.4, -0.2) is 15.7 Å². The lowest BCUT2D eigenvalue weighted by Crippen LogP contribution is -2.21. The molecule has 0 saturated heterocycles. The SMILES string of the molecule is O=C(Nc1c(F)c(F)c(C(F)(F)F)c(F)c1F)c1ccn(COc2ccc(Cl)cc2Cl)n1. The molecule has 0 fully saturated rings. The first-order valence-corrected chi connectivity index (χ1v) is 9.01. The Morgan fingerprint density at radius 1 is 1.03 bits per heavy atom. The minimum absolute atomic E-state index is 0.180. The molecule has 1 amide bonds. The van der Waals surface area contributed by atoms with Crippen LogP contribution in [0.25, 0.3) is 0 Å². The van der Waals surface area contributed by atoms with E-state index in [0.29, 0.717) is 5.02 Å². The predicted octanol–water partition coefficient (Wildman–Crippen LogP) is 6.05. The van der Waals surface area contributed by atoms with Gasteiger partial charge in [0, 0.05) is 11.2 Å². The molecule has 3 aromatic rings. The molecule has 0 aliphatic carbocycles. The molecule has 0 aliphatic rings. The Hall–Kier alpha value is -2.99. The second-order valence-electron chi connectivity index (χ2n) is 6.05. The van der Waals surface area contributed by atoms with Gasteiger partial charge in [-0.15, -0.1) is 0 Å². The Labute approximate surface area is 184 Å². The predicted molar refractivity (Wildman–Crippen MR) is 98.5 cm³/mol. The molecule has 5 nitrogen and oxygen atoms in total. The second-order valence-corrected chi connectivity index (χ2v) is 6.89. The third-order valence-corrected chi connectivity index (χ3v) is 4.44. The van der Waals surface area contributed by atoms with Crippen molar-refractivity contribution in [2.24, 2.45) is 0 Å². The molecule has 0 unspecified atom stereocenters. The van der Waals surface area contributed by atoms with Gasteiger partial charge >= 0.3 is 6.18 Å². The van der Waals surface area contributed by atoms with Gasteiger partial charge in [-0.2, -0.15) is 18.3 Å². The average molecular weight is 502 g/mol. The first-order valence-electron chi connectivity index (χ1n) is 8.26. The van der Waals surface area contributed by atoms with Crippen LogP contribution in [0.1, 0.15) is 16.1 Å². The zero-order valence-electron chi connectivity index (χ0n) is 15.2.